The zero-order valence-corrected chi connectivity index (χ0v) is 14.1. The number of hydrogen-bond donors (Lipinski definition) is 0. The molecule has 0 aliphatic carbocycles. The van der Waals surface area contributed by atoms with Crippen LogP contribution < -0.4 is 9.05 Å². The van der Waals surface area contributed by atoms with E-state index in [2.05, 4.69) is 0 Å². The van der Waals surface area contributed by atoms with Gasteiger partial charge >= 0.3 is 7.82 Å². The van der Waals surface area contributed by atoms with Gasteiger partial charge in [-0.05, 0) is 30.2 Å². The van der Waals surface area contributed by atoms with Crippen molar-refractivity contribution in [3.8, 4) is 11.5 Å². The molecule has 5 nitrogen and oxygen atoms in total. The van der Waals surface area contributed by atoms with E-state index in [4.69, 9.17) is 18.6 Å². The molecule has 0 bridgehead atoms. The van der Waals surface area contributed by atoms with Crippen LogP contribution in [-0.2, 0) is 14.1 Å². The molecule has 6 heteroatoms. The third-order valence-corrected chi connectivity index (χ3v) is 4.27. The fraction of sp³-hybridized carbons (Fsp3) is 0.294. The smallest absolute Gasteiger partial charge is 0.394 e. The van der Waals surface area contributed by atoms with Crippen molar-refractivity contribution >= 4 is 7.82 Å². The number of rotatable bonds is 9. The first kappa shape index (κ1) is 17.5. The molecule has 0 radical (unpaired) electrons. The zero-order chi connectivity index (χ0) is 16.5. The molecular weight excluding hydrogens is 315 g/mol. The molecule has 124 valence electrons. The van der Waals surface area contributed by atoms with Gasteiger partial charge in [-0.2, -0.15) is 0 Å². The summed E-state index contributed by atoms with van der Waals surface area (Å²) in [5, 5.41) is 0. The van der Waals surface area contributed by atoms with E-state index in [0.717, 1.165) is 6.42 Å². The van der Waals surface area contributed by atoms with Crippen LogP contribution in [0.1, 0.15) is 20.3 Å². The van der Waals surface area contributed by atoms with Gasteiger partial charge < -0.3 is 9.05 Å². The van der Waals surface area contributed by atoms with Gasteiger partial charge in [0.25, 0.3) is 0 Å². The summed E-state index contributed by atoms with van der Waals surface area (Å²) in [4.78, 5) is 5.08. The second-order valence-corrected chi connectivity index (χ2v) is 6.54. The van der Waals surface area contributed by atoms with Gasteiger partial charge in [0, 0.05) is 0 Å². The molecule has 0 aromatic heterocycles. The van der Waals surface area contributed by atoms with Gasteiger partial charge in [-0.1, -0.05) is 56.7 Å². The molecule has 0 N–H and O–H groups in total. The van der Waals surface area contributed by atoms with Crippen LogP contribution in [0, 0.1) is 5.92 Å². The lowest BCUT2D eigenvalue weighted by Crippen LogP contribution is -2.09. The molecule has 0 amide bonds. The SMILES string of the molecule is CCC(C)COOP(=O)(Oc1ccccc1)Oc1ccccc1. The summed E-state index contributed by atoms with van der Waals surface area (Å²) in [7, 11) is -3.95. The van der Waals surface area contributed by atoms with E-state index in [9.17, 15) is 4.57 Å². The molecule has 2 aromatic carbocycles. The summed E-state index contributed by atoms with van der Waals surface area (Å²) in [6.45, 7) is 4.34. The van der Waals surface area contributed by atoms with Crippen LogP contribution in [-0.4, -0.2) is 6.61 Å². The van der Waals surface area contributed by atoms with Crippen molar-refractivity contribution < 1.29 is 23.2 Å². The van der Waals surface area contributed by atoms with E-state index in [1.54, 1.807) is 48.5 Å². The van der Waals surface area contributed by atoms with Crippen molar-refractivity contribution in [2.75, 3.05) is 6.61 Å². The topological polar surface area (TPSA) is 54.0 Å². The monoisotopic (exact) mass is 336 g/mol. The van der Waals surface area contributed by atoms with Gasteiger partial charge in [0.1, 0.15) is 11.5 Å². The maximum absolute atomic E-state index is 12.8. The van der Waals surface area contributed by atoms with Crippen LogP contribution in [0.5, 0.6) is 11.5 Å². The highest BCUT2D eigenvalue weighted by molar-refractivity contribution is 7.49. The Morgan fingerprint density at radius 3 is 1.83 bits per heavy atom. The zero-order valence-electron chi connectivity index (χ0n) is 13.3. The van der Waals surface area contributed by atoms with Crippen molar-refractivity contribution in [3.05, 3.63) is 60.7 Å². The Hall–Kier alpha value is -1.81. The lowest BCUT2D eigenvalue weighted by molar-refractivity contribution is -0.227. The van der Waals surface area contributed by atoms with Crippen molar-refractivity contribution in [2.24, 2.45) is 5.92 Å². The van der Waals surface area contributed by atoms with E-state index in [1.165, 1.54) is 0 Å². The number of para-hydroxylation sites is 2. The molecule has 0 spiro atoms. The second-order valence-electron chi connectivity index (χ2n) is 5.13. The van der Waals surface area contributed by atoms with Gasteiger partial charge in [-0.3, -0.25) is 0 Å². The lowest BCUT2D eigenvalue weighted by atomic mass is 10.1. The highest BCUT2D eigenvalue weighted by atomic mass is 31.2. The maximum atomic E-state index is 12.8. The summed E-state index contributed by atoms with van der Waals surface area (Å²) in [5.41, 5.74) is 0. The van der Waals surface area contributed by atoms with Crippen LogP contribution in [0.2, 0.25) is 0 Å². The molecule has 2 aromatic rings. The van der Waals surface area contributed by atoms with Gasteiger partial charge in [0.05, 0.1) is 6.61 Å². The van der Waals surface area contributed by atoms with E-state index >= 15 is 0 Å². The molecular formula is C17H21O5P. The summed E-state index contributed by atoms with van der Waals surface area (Å²) in [6.07, 6.45) is 0.923. The van der Waals surface area contributed by atoms with Crippen molar-refractivity contribution in [1.82, 2.24) is 0 Å². The molecule has 0 aliphatic heterocycles. The molecule has 0 saturated heterocycles. The molecule has 0 heterocycles. The fourth-order valence-corrected chi connectivity index (χ4v) is 2.65. The second kappa shape index (κ2) is 8.73. The van der Waals surface area contributed by atoms with Gasteiger partial charge in [0.2, 0.25) is 0 Å². The minimum absolute atomic E-state index is 0.275. The molecule has 0 fully saturated rings. The average Bonchev–Trinajstić information content (AvgIpc) is 2.56. The van der Waals surface area contributed by atoms with E-state index in [-0.39, 0.29) is 5.92 Å². The third-order valence-electron chi connectivity index (χ3n) is 3.11. The molecule has 1 unspecified atom stereocenters. The first-order valence-corrected chi connectivity index (χ1v) is 8.98. The average molecular weight is 336 g/mol. The first-order valence-electron chi connectivity index (χ1n) is 7.52. The molecule has 1 atom stereocenters. The maximum Gasteiger partial charge on any atom is 0.615 e. The molecule has 0 aliphatic rings. The summed E-state index contributed by atoms with van der Waals surface area (Å²) < 4.78 is 28.7. The Labute approximate surface area is 136 Å². The minimum atomic E-state index is -3.95. The Morgan fingerprint density at radius 1 is 0.913 bits per heavy atom. The number of benzene rings is 2. The number of phosphoric acid groups is 1. The number of phosphoric ester groups is 1. The van der Waals surface area contributed by atoms with Crippen LogP contribution >= 0.6 is 7.82 Å². The third kappa shape index (κ3) is 6.06. The predicted octanol–water partition coefficient (Wildman–Crippen LogP) is 5.25. The van der Waals surface area contributed by atoms with Crippen molar-refractivity contribution in [2.45, 2.75) is 20.3 Å². The summed E-state index contributed by atoms with van der Waals surface area (Å²) in [5.74, 6) is 1.02. The predicted molar refractivity (Wildman–Crippen MR) is 88.2 cm³/mol. The van der Waals surface area contributed by atoms with Crippen molar-refractivity contribution in [1.29, 1.82) is 0 Å². The van der Waals surface area contributed by atoms with Crippen LogP contribution in [0.3, 0.4) is 0 Å². The van der Waals surface area contributed by atoms with Crippen LogP contribution in [0.4, 0.5) is 0 Å². The summed E-state index contributed by atoms with van der Waals surface area (Å²) >= 11 is 0. The van der Waals surface area contributed by atoms with Crippen molar-refractivity contribution in [3.63, 3.8) is 0 Å². The lowest BCUT2D eigenvalue weighted by Gasteiger charge is -2.18. The number of hydrogen-bond acceptors (Lipinski definition) is 5. The van der Waals surface area contributed by atoms with Gasteiger partial charge in [-0.25, -0.2) is 9.45 Å². The van der Waals surface area contributed by atoms with E-state index < -0.39 is 7.82 Å². The Bertz CT molecular complexity index is 572. The molecule has 2 rings (SSSR count). The highest BCUT2D eigenvalue weighted by Crippen LogP contribution is 2.49. The van der Waals surface area contributed by atoms with Crippen LogP contribution in [0.15, 0.2) is 60.7 Å². The van der Waals surface area contributed by atoms with Gasteiger partial charge in [0.15, 0.2) is 0 Å². The fourth-order valence-electron chi connectivity index (χ4n) is 1.60. The molecule has 23 heavy (non-hydrogen) atoms. The quantitative estimate of drug-likeness (QED) is 0.356. The minimum Gasteiger partial charge on any atom is -0.394 e. The normalized spacial score (nSPS) is 12.6. The largest absolute Gasteiger partial charge is 0.615 e. The van der Waals surface area contributed by atoms with E-state index in [0.29, 0.717) is 18.1 Å². The first-order chi connectivity index (χ1) is 11.1. The Morgan fingerprint density at radius 2 is 1.39 bits per heavy atom. The van der Waals surface area contributed by atoms with E-state index in [1.807, 2.05) is 26.0 Å². The standard InChI is InChI=1S/C17H21O5P/c1-3-15(2)14-19-22-23(18,20-16-10-6-4-7-11-16)21-17-12-8-5-9-13-17/h4-13,15H,3,14H2,1-2H3. The summed E-state index contributed by atoms with van der Waals surface area (Å²) in [6, 6.07) is 17.4. The van der Waals surface area contributed by atoms with Gasteiger partial charge in [-0.15, -0.1) is 4.67 Å². The molecule has 0 saturated carbocycles. The Balaban J connectivity index is 2.08. The highest BCUT2D eigenvalue weighted by Gasteiger charge is 2.33. The Kier molecular flexibility index (Phi) is 6.66. The van der Waals surface area contributed by atoms with Crippen LogP contribution in [0.25, 0.3) is 0 Å².